The minimum Gasteiger partial charge on any atom is -0.451 e. The molecular formula is C19H27NO5S2. The Bertz CT molecular complexity index is 808. The molecule has 0 radical (unpaired) electrons. The second-order valence-electron chi connectivity index (χ2n) is 7.42. The van der Waals surface area contributed by atoms with Crippen molar-refractivity contribution in [2.24, 2.45) is 0 Å². The molecule has 0 aromatic carbocycles. The standard InChI is InChI=1S/C19H27NO5S2/c1-3-14-10-17(26-13(14)2)19(22)25-11-18(21)20(15-6-4-5-7-15)16-8-9-27(23,24)12-16/h10,15-16H,3-9,11-12H2,1-2H3. The summed E-state index contributed by atoms with van der Waals surface area (Å²) in [5.41, 5.74) is 1.11. The maximum atomic E-state index is 12.8. The number of carbonyl (C=O) groups is 2. The molecule has 1 aliphatic carbocycles. The summed E-state index contributed by atoms with van der Waals surface area (Å²) in [6.07, 6.45) is 5.19. The van der Waals surface area contributed by atoms with Gasteiger partial charge in [0.25, 0.3) is 5.91 Å². The molecule has 2 aliphatic rings. The zero-order chi connectivity index (χ0) is 19.6. The summed E-state index contributed by atoms with van der Waals surface area (Å²) in [5, 5.41) is 0. The van der Waals surface area contributed by atoms with E-state index in [1.807, 2.05) is 19.9 Å². The van der Waals surface area contributed by atoms with Crippen molar-refractivity contribution >= 4 is 33.1 Å². The molecule has 3 rings (SSSR count). The molecule has 2 fully saturated rings. The zero-order valence-electron chi connectivity index (χ0n) is 15.9. The Morgan fingerprint density at radius 3 is 2.48 bits per heavy atom. The van der Waals surface area contributed by atoms with Crippen molar-refractivity contribution in [1.29, 1.82) is 0 Å². The van der Waals surface area contributed by atoms with Crippen LogP contribution in [0.1, 0.15) is 59.1 Å². The molecule has 0 spiro atoms. The van der Waals surface area contributed by atoms with E-state index in [1.54, 1.807) is 4.90 Å². The third kappa shape index (κ3) is 4.71. The number of rotatable bonds is 6. The molecule has 1 saturated carbocycles. The number of hydrogen-bond acceptors (Lipinski definition) is 6. The lowest BCUT2D eigenvalue weighted by Crippen LogP contribution is -2.48. The van der Waals surface area contributed by atoms with Gasteiger partial charge in [-0.1, -0.05) is 19.8 Å². The topological polar surface area (TPSA) is 80.8 Å². The number of sulfone groups is 1. The molecule has 1 aliphatic heterocycles. The molecule has 0 N–H and O–H groups in total. The molecule has 27 heavy (non-hydrogen) atoms. The summed E-state index contributed by atoms with van der Waals surface area (Å²) in [4.78, 5) is 28.5. The van der Waals surface area contributed by atoms with Gasteiger partial charge in [-0.15, -0.1) is 11.3 Å². The van der Waals surface area contributed by atoms with Crippen molar-refractivity contribution < 1.29 is 22.7 Å². The smallest absolute Gasteiger partial charge is 0.348 e. The quantitative estimate of drug-likeness (QED) is 0.670. The molecule has 1 amide bonds. The number of aryl methyl sites for hydroxylation is 2. The lowest BCUT2D eigenvalue weighted by molar-refractivity contribution is -0.139. The van der Waals surface area contributed by atoms with Crippen LogP contribution in [0, 0.1) is 6.92 Å². The zero-order valence-corrected chi connectivity index (χ0v) is 17.5. The van der Waals surface area contributed by atoms with E-state index in [2.05, 4.69) is 0 Å². The van der Waals surface area contributed by atoms with Crippen molar-refractivity contribution in [3.05, 3.63) is 21.4 Å². The fourth-order valence-electron chi connectivity index (χ4n) is 4.13. The van der Waals surface area contributed by atoms with Crippen LogP contribution in [0.3, 0.4) is 0 Å². The molecule has 0 bridgehead atoms. The highest BCUT2D eigenvalue weighted by Crippen LogP contribution is 2.29. The summed E-state index contributed by atoms with van der Waals surface area (Å²) in [6, 6.07) is 1.59. The van der Waals surface area contributed by atoms with E-state index in [0.717, 1.165) is 42.5 Å². The van der Waals surface area contributed by atoms with Crippen LogP contribution in [0.25, 0.3) is 0 Å². The van der Waals surface area contributed by atoms with Crippen LogP contribution >= 0.6 is 11.3 Å². The lowest BCUT2D eigenvalue weighted by Gasteiger charge is -2.33. The summed E-state index contributed by atoms with van der Waals surface area (Å²) in [7, 11) is -3.08. The van der Waals surface area contributed by atoms with E-state index in [4.69, 9.17) is 4.74 Å². The molecule has 1 unspecified atom stereocenters. The Labute approximate surface area is 164 Å². The van der Waals surface area contributed by atoms with Gasteiger partial charge < -0.3 is 9.64 Å². The van der Waals surface area contributed by atoms with Gasteiger partial charge in [-0.05, 0) is 44.2 Å². The fourth-order valence-corrected chi connectivity index (χ4v) is 6.85. The number of hydrogen-bond donors (Lipinski definition) is 0. The molecule has 6 nitrogen and oxygen atoms in total. The van der Waals surface area contributed by atoms with E-state index in [0.29, 0.717) is 11.3 Å². The second-order valence-corrected chi connectivity index (χ2v) is 10.9. The molecule has 1 aromatic rings. The Morgan fingerprint density at radius 1 is 1.22 bits per heavy atom. The molecule has 1 atom stereocenters. The van der Waals surface area contributed by atoms with E-state index >= 15 is 0 Å². The van der Waals surface area contributed by atoms with Gasteiger partial charge in [0.1, 0.15) is 4.88 Å². The first kappa shape index (κ1) is 20.3. The van der Waals surface area contributed by atoms with Gasteiger partial charge in [-0.25, -0.2) is 13.2 Å². The molecule has 150 valence electrons. The minimum atomic E-state index is -3.08. The SMILES string of the molecule is CCc1cc(C(=O)OCC(=O)N(C2CCCC2)C2CCS(=O)(=O)C2)sc1C. The average Bonchev–Trinajstić information content (AvgIpc) is 3.34. The Kier molecular flexibility index (Phi) is 6.25. The highest BCUT2D eigenvalue weighted by atomic mass is 32.2. The van der Waals surface area contributed by atoms with Crippen LogP contribution in [0.15, 0.2) is 6.07 Å². The van der Waals surface area contributed by atoms with E-state index in [9.17, 15) is 18.0 Å². The van der Waals surface area contributed by atoms with Crippen LogP contribution in [-0.4, -0.2) is 55.4 Å². The van der Waals surface area contributed by atoms with Crippen LogP contribution in [0.5, 0.6) is 0 Å². The summed E-state index contributed by atoms with van der Waals surface area (Å²) in [5.74, 6) is -0.613. The maximum absolute atomic E-state index is 12.8. The number of thiophene rings is 1. The predicted octanol–water partition coefficient (Wildman–Crippen LogP) is 2.73. The first-order valence-electron chi connectivity index (χ1n) is 9.58. The predicted molar refractivity (Wildman–Crippen MR) is 105 cm³/mol. The maximum Gasteiger partial charge on any atom is 0.348 e. The molecule has 8 heteroatoms. The summed E-state index contributed by atoms with van der Waals surface area (Å²) >= 11 is 1.38. The summed E-state index contributed by atoms with van der Waals surface area (Å²) < 4.78 is 29.0. The highest BCUT2D eigenvalue weighted by Gasteiger charge is 2.39. The number of amides is 1. The third-order valence-corrected chi connectivity index (χ3v) is 8.36. The van der Waals surface area contributed by atoms with Gasteiger partial charge >= 0.3 is 5.97 Å². The van der Waals surface area contributed by atoms with E-state index in [-0.39, 0.29) is 36.1 Å². The first-order chi connectivity index (χ1) is 12.8. The van der Waals surface area contributed by atoms with E-state index < -0.39 is 15.8 Å². The first-order valence-corrected chi connectivity index (χ1v) is 12.2. The van der Waals surface area contributed by atoms with Gasteiger partial charge in [0.15, 0.2) is 16.4 Å². The highest BCUT2D eigenvalue weighted by molar-refractivity contribution is 7.91. The van der Waals surface area contributed by atoms with Crippen molar-refractivity contribution in [1.82, 2.24) is 4.90 Å². The number of carbonyl (C=O) groups excluding carboxylic acids is 2. The largest absolute Gasteiger partial charge is 0.451 e. The fraction of sp³-hybridized carbons (Fsp3) is 0.684. The molecule has 1 aromatic heterocycles. The Balaban J connectivity index is 1.66. The van der Waals surface area contributed by atoms with Gasteiger partial charge in [-0.3, -0.25) is 4.79 Å². The van der Waals surface area contributed by atoms with E-state index in [1.165, 1.54) is 11.3 Å². The average molecular weight is 414 g/mol. The van der Waals surface area contributed by atoms with Crippen LogP contribution in [0.4, 0.5) is 0 Å². The number of esters is 1. The van der Waals surface area contributed by atoms with Crippen molar-refractivity contribution in [2.45, 2.75) is 64.5 Å². The molecule has 2 heterocycles. The second kappa shape index (κ2) is 8.31. The monoisotopic (exact) mass is 413 g/mol. The van der Waals surface area contributed by atoms with Crippen molar-refractivity contribution in [3.63, 3.8) is 0 Å². The van der Waals surface area contributed by atoms with Crippen molar-refractivity contribution in [2.75, 3.05) is 18.1 Å². The number of ether oxygens (including phenoxy) is 1. The Hall–Kier alpha value is -1.41. The van der Waals surface area contributed by atoms with Gasteiger partial charge in [0, 0.05) is 17.0 Å². The Morgan fingerprint density at radius 2 is 1.93 bits per heavy atom. The van der Waals surface area contributed by atoms with Gasteiger partial charge in [0.05, 0.1) is 11.5 Å². The van der Waals surface area contributed by atoms with Gasteiger partial charge in [0.2, 0.25) is 0 Å². The minimum absolute atomic E-state index is 0.0210. The molecule has 1 saturated heterocycles. The van der Waals surface area contributed by atoms with Crippen LogP contribution < -0.4 is 0 Å². The third-order valence-electron chi connectivity index (χ3n) is 5.54. The normalized spacial score (nSPS) is 22.1. The summed E-state index contributed by atoms with van der Waals surface area (Å²) in [6.45, 7) is 3.67. The van der Waals surface area contributed by atoms with Crippen LogP contribution in [-0.2, 0) is 25.8 Å². The number of nitrogens with zero attached hydrogens (tertiary/aromatic N) is 1. The van der Waals surface area contributed by atoms with Crippen molar-refractivity contribution in [3.8, 4) is 0 Å². The lowest BCUT2D eigenvalue weighted by atomic mass is 10.1. The van der Waals surface area contributed by atoms with Crippen LogP contribution in [0.2, 0.25) is 0 Å². The van der Waals surface area contributed by atoms with Gasteiger partial charge in [-0.2, -0.15) is 0 Å². The molecular weight excluding hydrogens is 386 g/mol.